The Balaban J connectivity index is 4.22. The second-order valence-corrected chi connectivity index (χ2v) is 17.1. The number of hydrogen-bond acceptors (Lipinski definition) is 6. The van der Waals surface area contributed by atoms with Gasteiger partial charge in [0.15, 0.2) is 0 Å². The van der Waals surface area contributed by atoms with Crippen LogP contribution in [-0.4, -0.2) is 42.6 Å². The smallest absolute Gasteiger partial charge is 0.463 e. The quantitative estimate of drug-likeness (QED) is 0.0360. The molecule has 0 aromatic heterocycles. The van der Waals surface area contributed by atoms with E-state index in [1.165, 1.54) is 154 Å². The van der Waals surface area contributed by atoms with Crippen LogP contribution in [0.3, 0.4) is 0 Å². The van der Waals surface area contributed by atoms with Gasteiger partial charge in [0.05, 0.1) is 19.3 Å². The first kappa shape index (κ1) is 52.0. The van der Waals surface area contributed by atoms with Crippen molar-refractivity contribution < 1.29 is 32.8 Å². The van der Waals surface area contributed by atoms with Gasteiger partial charge in [-0.15, -0.1) is 0 Å². The molecule has 0 aliphatic heterocycles. The maximum Gasteiger partial charge on any atom is 0.472 e. The van der Waals surface area contributed by atoms with Gasteiger partial charge >= 0.3 is 13.8 Å². The highest BCUT2D eigenvalue weighted by Crippen LogP contribution is 2.43. The largest absolute Gasteiger partial charge is 0.472 e. The highest BCUT2D eigenvalue weighted by molar-refractivity contribution is 7.47. The molecule has 0 aromatic rings. The van der Waals surface area contributed by atoms with Crippen LogP contribution in [0, 0.1) is 0 Å². The number of unbranched alkanes of at least 4 members (excludes halogenated alkanes) is 30. The summed E-state index contributed by atoms with van der Waals surface area (Å²) in [6, 6.07) is -0.719. The van der Waals surface area contributed by atoms with E-state index >= 15 is 0 Å². The summed E-state index contributed by atoms with van der Waals surface area (Å²) in [6.07, 6.45) is 41.2. The van der Waals surface area contributed by atoms with Crippen molar-refractivity contribution in [3.05, 3.63) is 0 Å². The van der Waals surface area contributed by atoms with Crippen LogP contribution in [0.25, 0.3) is 0 Å². The van der Waals surface area contributed by atoms with Crippen molar-refractivity contribution >= 4 is 19.7 Å². The lowest BCUT2D eigenvalue weighted by molar-refractivity contribution is -0.145. The number of amides is 1. The summed E-state index contributed by atoms with van der Waals surface area (Å²) in [7, 11) is -4.27. The molecule has 2 unspecified atom stereocenters. The first-order valence-corrected chi connectivity index (χ1v) is 24.4. The fourth-order valence-corrected chi connectivity index (χ4v) is 7.55. The first-order chi connectivity index (χ1) is 25.8. The Morgan fingerprint density at radius 1 is 0.472 bits per heavy atom. The standard InChI is InChI=1S/C44H88NO7P/c1-4-7-10-12-14-16-18-20-22-24-26-28-30-32-34-37-43(46)45-42(41-52-53(48,49)51-39-36-9-6-3)40-50-44(47)38-35-33-31-29-27-25-23-21-19-17-15-13-11-8-5-2/h42H,4-41H2,1-3H3,(H,45,46)(H,48,49). The van der Waals surface area contributed by atoms with Gasteiger partial charge in [0.2, 0.25) is 5.91 Å². The number of esters is 1. The summed E-state index contributed by atoms with van der Waals surface area (Å²) in [5, 5.41) is 2.86. The van der Waals surface area contributed by atoms with E-state index in [2.05, 4.69) is 19.2 Å². The van der Waals surface area contributed by atoms with Crippen molar-refractivity contribution in [2.45, 2.75) is 252 Å². The summed E-state index contributed by atoms with van der Waals surface area (Å²) in [5.41, 5.74) is 0. The lowest BCUT2D eigenvalue weighted by atomic mass is 10.0. The Morgan fingerprint density at radius 3 is 1.21 bits per heavy atom. The van der Waals surface area contributed by atoms with E-state index < -0.39 is 13.9 Å². The Bertz CT molecular complexity index is 843. The minimum Gasteiger partial charge on any atom is -0.463 e. The molecule has 0 fully saturated rings. The molecule has 0 rings (SSSR count). The topological polar surface area (TPSA) is 111 Å². The third kappa shape index (κ3) is 40.5. The molecule has 316 valence electrons. The van der Waals surface area contributed by atoms with E-state index in [0.717, 1.165) is 51.4 Å². The zero-order chi connectivity index (χ0) is 38.9. The number of hydrogen-bond donors (Lipinski definition) is 2. The molecule has 0 heterocycles. The maximum absolute atomic E-state index is 12.8. The lowest BCUT2D eigenvalue weighted by Crippen LogP contribution is -2.41. The molecule has 0 aliphatic carbocycles. The van der Waals surface area contributed by atoms with Gasteiger partial charge in [-0.1, -0.05) is 213 Å². The van der Waals surface area contributed by atoms with Crippen LogP contribution in [0.1, 0.15) is 245 Å². The average Bonchev–Trinajstić information content (AvgIpc) is 3.14. The van der Waals surface area contributed by atoms with Gasteiger partial charge in [0.1, 0.15) is 6.61 Å². The van der Waals surface area contributed by atoms with Crippen LogP contribution in [0.2, 0.25) is 0 Å². The van der Waals surface area contributed by atoms with E-state index in [4.69, 9.17) is 13.8 Å². The minimum absolute atomic E-state index is 0.0992. The fraction of sp³-hybridized carbons (Fsp3) is 0.955. The van der Waals surface area contributed by atoms with Crippen LogP contribution in [0.15, 0.2) is 0 Å². The van der Waals surface area contributed by atoms with Gasteiger partial charge < -0.3 is 14.9 Å². The molecule has 53 heavy (non-hydrogen) atoms. The summed E-state index contributed by atoms with van der Waals surface area (Å²) < 4.78 is 28.2. The highest BCUT2D eigenvalue weighted by atomic mass is 31.2. The van der Waals surface area contributed by atoms with E-state index in [0.29, 0.717) is 19.3 Å². The molecule has 0 saturated heterocycles. The average molecular weight is 774 g/mol. The molecule has 0 radical (unpaired) electrons. The molecule has 9 heteroatoms. The first-order valence-electron chi connectivity index (χ1n) is 22.9. The van der Waals surface area contributed by atoms with E-state index in [9.17, 15) is 19.0 Å². The van der Waals surface area contributed by atoms with Crippen LogP contribution in [-0.2, 0) is 27.9 Å². The number of phosphoric ester groups is 1. The molecule has 0 spiro atoms. The van der Waals surface area contributed by atoms with Gasteiger partial charge in [-0.25, -0.2) is 4.57 Å². The molecule has 0 aliphatic rings. The minimum atomic E-state index is -4.27. The number of carbonyl (C=O) groups excluding carboxylic acids is 2. The van der Waals surface area contributed by atoms with Crippen LogP contribution in [0.4, 0.5) is 0 Å². The van der Waals surface area contributed by atoms with Crippen molar-refractivity contribution in [2.75, 3.05) is 19.8 Å². The number of nitrogens with one attached hydrogen (secondary N) is 1. The Labute approximate surface area is 328 Å². The predicted molar refractivity (Wildman–Crippen MR) is 223 cm³/mol. The SMILES string of the molecule is CCCCCCCCCCCCCCCCCC(=O)NC(COC(=O)CCCCCCCCCCCCCCCCC)COP(=O)(O)OCCCCC. The second-order valence-electron chi connectivity index (χ2n) is 15.7. The highest BCUT2D eigenvalue weighted by Gasteiger charge is 2.25. The normalized spacial score (nSPS) is 13.2. The zero-order valence-corrected chi connectivity index (χ0v) is 36.2. The van der Waals surface area contributed by atoms with Crippen molar-refractivity contribution in [1.82, 2.24) is 5.32 Å². The zero-order valence-electron chi connectivity index (χ0n) is 35.3. The summed E-state index contributed by atoms with van der Waals surface area (Å²) in [6.45, 7) is 6.34. The molecule has 0 bridgehead atoms. The van der Waals surface area contributed by atoms with Gasteiger partial charge in [0.25, 0.3) is 0 Å². The molecule has 2 N–H and O–H groups in total. The van der Waals surface area contributed by atoms with Crippen LogP contribution in [0.5, 0.6) is 0 Å². The molecule has 8 nitrogen and oxygen atoms in total. The van der Waals surface area contributed by atoms with Gasteiger partial charge in [-0.2, -0.15) is 0 Å². The summed E-state index contributed by atoms with van der Waals surface area (Å²) in [5.74, 6) is -0.479. The molecule has 1 amide bonds. The number of ether oxygens (including phenoxy) is 1. The number of carbonyl (C=O) groups is 2. The van der Waals surface area contributed by atoms with E-state index in [-0.39, 0.29) is 31.7 Å². The third-order valence-corrected chi connectivity index (χ3v) is 11.2. The van der Waals surface area contributed by atoms with Crippen LogP contribution >= 0.6 is 7.82 Å². The number of phosphoric acid groups is 1. The maximum atomic E-state index is 12.8. The van der Waals surface area contributed by atoms with Crippen molar-refractivity contribution in [2.24, 2.45) is 0 Å². The third-order valence-electron chi connectivity index (χ3n) is 10.2. The van der Waals surface area contributed by atoms with Gasteiger partial charge in [0, 0.05) is 12.8 Å². The monoisotopic (exact) mass is 774 g/mol. The van der Waals surface area contributed by atoms with Gasteiger partial charge in [-0.05, 0) is 19.3 Å². The van der Waals surface area contributed by atoms with Crippen LogP contribution < -0.4 is 5.32 Å². The van der Waals surface area contributed by atoms with Crippen molar-refractivity contribution in [3.8, 4) is 0 Å². The second kappa shape index (κ2) is 40.7. The molecule has 0 saturated carbocycles. The lowest BCUT2D eigenvalue weighted by Gasteiger charge is -2.20. The Morgan fingerprint density at radius 2 is 0.811 bits per heavy atom. The predicted octanol–water partition coefficient (Wildman–Crippen LogP) is 13.9. The molecule has 2 atom stereocenters. The molecular formula is C44H88NO7P. The summed E-state index contributed by atoms with van der Waals surface area (Å²) in [4.78, 5) is 35.4. The van der Waals surface area contributed by atoms with Crippen molar-refractivity contribution in [1.29, 1.82) is 0 Å². The number of rotatable bonds is 43. The Hall–Kier alpha value is -0.950. The molecule has 0 aromatic carbocycles. The van der Waals surface area contributed by atoms with Crippen molar-refractivity contribution in [3.63, 3.8) is 0 Å². The summed E-state index contributed by atoms with van der Waals surface area (Å²) >= 11 is 0. The van der Waals surface area contributed by atoms with E-state index in [1.807, 2.05) is 6.92 Å². The fourth-order valence-electron chi connectivity index (χ4n) is 6.75. The Kier molecular flexibility index (Phi) is 40.0. The van der Waals surface area contributed by atoms with E-state index in [1.54, 1.807) is 0 Å². The van der Waals surface area contributed by atoms with Gasteiger partial charge in [-0.3, -0.25) is 18.6 Å². The molecular weight excluding hydrogens is 685 g/mol.